The molecule has 1 saturated heterocycles. The zero-order chi connectivity index (χ0) is 12.1. The lowest BCUT2D eigenvalue weighted by atomic mass is 10.1. The number of halogens is 1. The minimum absolute atomic E-state index is 0.114. The first-order valence-electron chi connectivity index (χ1n) is 5.87. The first-order valence-corrected chi connectivity index (χ1v) is 7.45. The molecule has 0 radical (unpaired) electrons. The third kappa shape index (κ3) is 3.65. The number of hydrogen-bond donors (Lipinski definition) is 1. The molecule has 1 unspecified atom stereocenters. The molecule has 1 amide bonds. The molecule has 1 N–H and O–H groups in total. The summed E-state index contributed by atoms with van der Waals surface area (Å²) in [5.74, 6) is 1.70. The molecule has 2 nitrogen and oxygen atoms in total. The molecule has 1 aromatic carbocycles. The molecule has 1 heterocycles. The Balaban J connectivity index is 1.96. The van der Waals surface area contributed by atoms with Gasteiger partial charge in [-0.15, -0.1) is 23.4 Å². The molecular weight excluding hydrogens is 254 g/mol. The highest BCUT2D eigenvalue weighted by molar-refractivity contribution is 8.00. The van der Waals surface area contributed by atoms with Gasteiger partial charge in [-0.25, -0.2) is 0 Å². The van der Waals surface area contributed by atoms with Crippen LogP contribution >= 0.6 is 23.4 Å². The normalized spacial score (nSPS) is 19.9. The summed E-state index contributed by atoms with van der Waals surface area (Å²) in [4.78, 5) is 12.0. The summed E-state index contributed by atoms with van der Waals surface area (Å²) >= 11 is 7.53. The van der Waals surface area contributed by atoms with Crippen LogP contribution < -0.4 is 5.32 Å². The maximum atomic E-state index is 12.0. The fourth-order valence-electron chi connectivity index (χ4n) is 1.90. The van der Waals surface area contributed by atoms with E-state index in [2.05, 4.69) is 5.32 Å². The standard InChI is InChI=1S/C13H16ClNOS/c14-9-10-4-3-5-11(8-10)15-13(16)12-6-1-2-7-17-12/h3-5,8,12H,1-2,6-7,9H2,(H,15,16). The highest BCUT2D eigenvalue weighted by atomic mass is 35.5. The Morgan fingerprint density at radius 1 is 1.47 bits per heavy atom. The second kappa shape index (κ2) is 6.31. The molecule has 1 aliphatic heterocycles. The number of thioether (sulfide) groups is 1. The quantitative estimate of drug-likeness (QED) is 0.849. The molecule has 1 fully saturated rings. The summed E-state index contributed by atoms with van der Waals surface area (Å²) in [6, 6.07) is 7.71. The second-order valence-corrected chi connectivity index (χ2v) is 5.76. The van der Waals surface area contributed by atoms with Crippen molar-refractivity contribution in [3.05, 3.63) is 29.8 Å². The predicted molar refractivity (Wildman–Crippen MR) is 74.7 cm³/mol. The molecule has 0 bridgehead atoms. The average Bonchev–Trinajstić information content (AvgIpc) is 2.40. The van der Waals surface area contributed by atoms with Gasteiger partial charge in [0.2, 0.25) is 5.91 Å². The molecule has 1 aromatic rings. The molecular formula is C13H16ClNOS. The number of rotatable bonds is 3. The third-order valence-electron chi connectivity index (χ3n) is 2.82. The van der Waals surface area contributed by atoms with Crippen molar-refractivity contribution in [1.82, 2.24) is 0 Å². The number of nitrogens with one attached hydrogen (secondary N) is 1. The first-order chi connectivity index (χ1) is 8.29. The van der Waals surface area contributed by atoms with Gasteiger partial charge in [0.25, 0.3) is 0 Å². The molecule has 0 aromatic heterocycles. The molecule has 0 spiro atoms. The number of alkyl halides is 1. The van der Waals surface area contributed by atoms with Crippen LogP contribution in [0.15, 0.2) is 24.3 Å². The summed E-state index contributed by atoms with van der Waals surface area (Å²) in [7, 11) is 0. The van der Waals surface area contributed by atoms with Gasteiger partial charge in [-0.1, -0.05) is 18.6 Å². The lowest BCUT2D eigenvalue weighted by molar-refractivity contribution is -0.115. The van der Waals surface area contributed by atoms with Gasteiger partial charge in [-0.3, -0.25) is 4.79 Å². The Morgan fingerprint density at radius 3 is 3.06 bits per heavy atom. The van der Waals surface area contributed by atoms with E-state index in [9.17, 15) is 4.79 Å². The third-order valence-corrected chi connectivity index (χ3v) is 4.51. The minimum atomic E-state index is 0.114. The van der Waals surface area contributed by atoms with Crippen LogP contribution in [0.3, 0.4) is 0 Å². The molecule has 2 rings (SSSR count). The predicted octanol–water partition coefficient (Wildman–Crippen LogP) is 3.65. The van der Waals surface area contributed by atoms with E-state index in [0.29, 0.717) is 5.88 Å². The van der Waals surface area contributed by atoms with Gasteiger partial charge in [0, 0.05) is 11.6 Å². The van der Waals surface area contributed by atoms with Crippen LogP contribution in [0.1, 0.15) is 24.8 Å². The Kier molecular flexibility index (Phi) is 4.75. The van der Waals surface area contributed by atoms with Crippen molar-refractivity contribution in [2.24, 2.45) is 0 Å². The van der Waals surface area contributed by atoms with Crippen LogP contribution in [-0.4, -0.2) is 16.9 Å². The first kappa shape index (κ1) is 12.8. The van der Waals surface area contributed by atoms with Gasteiger partial charge < -0.3 is 5.32 Å². The van der Waals surface area contributed by atoms with Crippen LogP contribution in [0.5, 0.6) is 0 Å². The number of hydrogen-bond acceptors (Lipinski definition) is 2. The molecule has 0 aliphatic carbocycles. The lowest BCUT2D eigenvalue weighted by Gasteiger charge is -2.20. The fraction of sp³-hybridized carbons (Fsp3) is 0.462. The molecule has 4 heteroatoms. The maximum Gasteiger partial charge on any atom is 0.237 e. The Labute approximate surface area is 111 Å². The van der Waals surface area contributed by atoms with Gasteiger partial charge in [0.15, 0.2) is 0 Å². The average molecular weight is 270 g/mol. The molecule has 17 heavy (non-hydrogen) atoms. The maximum absolute atomic E-state index is 12.0. The number of carbonyl (C=O) groups is 1. The van der Waals surface area contributed by atoms with E-state index in [1.807, 2.05) is 24.3 Å². The number of anilines is 1. The Bertz CT molecular complexity index is 391. The molecule has 1 atom stereocenters. The van der Waals surface area contributed by atoms with Crippen LogP contribution in [0.2, 0.25) is 0 Å². The fourth-order valence-corrected chi connectivity index (χ4v) is 3.27. The van der Waals surface area contributed by atoms with Crippen LogP contribution in [-0.2, 0) is 10.7 Å². The van der Waals surface area contributed by atoms with Crippen molar-refractivity contribution >= 4 is 35.0 Å². The van der Waals surface area contributed by atoms with E-state index in [-0.39, 0.29) is 11.2 Å². The Hall–Kier alpha value is -0.670. The van der Waals surface area contributed by atoms with Gasteiger partial charge in [-0.05, 0) is 36.3 Å². The highest BCUT2D eigenvalue weighted by Crippen LogP contribution is 2.26. The van der Waals surface area contributed by atoms with Gasteiger partial charge in [0.05, 0.1) is 5.25 Å². The number of benzene rings is 1. The van der Waals surface area contributed by atoms with E-state index in [0.717, 1.165) is 29.8 Å². The largest absolute Gasteiger partial charge is 0.325 e. The SMILES string of the molecule is O=C(Nc1cccc(CCl)c1)C1CCCCS1. The van der Waals surface area contributed by atoms with E-state index in [1.54, 1.807) is 11.8 Å². The van der Waals surface area contributed by atoms with Crippen molar-refractivity contribution < 1.29 is 4.79 Å². The summed E-state index contributed by atoms with van der Waals surface area (Å²) < 4.78 is 0. The molecule has 92 valence electrons. The van der Waals surface area contributed by atoms with Crippen LogP contribution in [0.4, 0.5) is 5.69 Å². The lowest BCUT2D eigenvalue weighted by Crippen LogP contribution is -2.27. The van der Waals surface area contributed by atoms with Crippen LogP contribution in [0, 0.1) is 0 Å². The monoisotopic (exact) mass is 269 g/mol. The van der Waals surface area contributed by atoms with Gasteiger partial charge in [0.1, 0.15) is 0 Å². The highest BCUT2D eigenvalue weighted by Gasteiger charge is 2.21. The summed E-state index contributed by atoms with van der Waals surface area (Å²) in [5.41, 5.74) is 1.88. The van der Waals surface area contributed by atoms with Crippen molar-refractivity contribution in [3.63, 3.8) is 0 Å². The topological polar surface area (TPSA) is 29.1 Å². The minimum Gasteiger partial charge on any atom is -0.325 e. The number of amides is 1. The smallest absolute Gasteiger partial charge is 0.237 e. The van der Waals surface area contributed by atoms with Gasteiger partial charge in [-0.2, -0.15) is 0 Å². The van der Waals surface area contributed by atoms with Crippen molar-refractivity contribution in [1.29, 1.82) is 0 Å². The Morgan fingerprint density at radius 2 is 2.35 bits per heavy atom. The summed E-state index contributed by atoms with van der Waals surface area (Å²) in [5, 5.41) is 3.08. The number of carbonyl (C=O) groups excluding carboxylic acids is 1. The van der Waals surface area contributed by atoms with E-state index in [4.69, 9.17) is 11.6 Å². The van der Waals surface area contributed by atoms with Crippen molar-refractivity contribution in [2.45, 2.75) is 30.4 Å². The van der Waals surface area contributed by atoms with Crippen molar-refractivity contribution in [3.8, 4) is 0 Å². The second-order valence-electron chi connectivity index (χ2n) is 4.18. The summed E-state index contributed by atoms with van der Waals surface area (Å²) in [6.07, 6.45) is 3.38. The molecule has 0 saturated carbocycles. The van der Waals surface area contributed by atoms with Crippen LogP contribution in [0.25, 0.3) is 0 Å². The molecule has 1 aliphatic rings. The zero-order valence-corrected chi connectivity index (χ0v) is 11.2. The van der Waals surface area contributed by atoms with E-state index >= 15 is 0 Å². The summed E-state index contributed by atoms with van der Waals surface area (Å²) in [6.45, 7) is 0. The van der Waals surface area contributed by atoms with E-state index in [1.165, 1.54) is 6.42 Å². The van der Waals surface area contributed by atoms with Gasteiger partial charge >= 0.3 is 0 Å². The van der Waals surface area contributed by atoms with Crippen molar-refractivity contribution in [2.75, 3.05) is 11.1 Å². The zero-order valence-electron chi connectivity index (χ0n) is 9.62. The van der Waals surface area contributed by atoms with E-state index < -0.39 is 0 Å².